The second kappa shape index (κ2) is 7.65. The minimum absolute atomic E-state index is 0.0766. The lowest BCUT2D eigenvalue weighted by atomic mass is 9.85. The van der Waals surface area contributed by atoms with Crippen molar-refractivity contribution in [1.82, 2.24) is 0 Å². The maximum atomic E-state index is 12.3. The van der Waals surface area contributed by atoms with Crippen LogP contribution >= 0.6 is 0 Å². The van der Waals surface area contributed by atoms with Gasteiger partial charge in [-0.1, -0.05) is 6.07 Å². The number of aromatic hydroxyl groups is 3. The third kappa shape index (κ3) is 3.86. The Labute approximate surface area is 156 Å². The topological polar surface area (TPSA) is 105 Å². The summed E-state index contributed by atoms with van der Waals surface area (Å²) >= 11 is 0. The maximum Gasteiger partial charge on any atom is 0.309 e. The number of carbonyl (C=O) groups is 1. The highest BCUT2D eigenvalue weighted by atomic mass is 16.5. The first kappa shape index (κ1) is 18.7. The van der Waals surface area contributed by atoms with E-state index < -0.39 is 0 Å². The average Bonchev–Trinajstić information content (AvgIpc) is 2.99. The van der Waals surface area contributed by atoms with Gasteiger partial charge in [-0.05, 0) is 48.2 Å². The van der Waals surface area contributed by atoms with E-state index in [1.54, 1.807) is 18.2 Å². The van der Waals surface area contributed by atoms with Gasteiger partial charge in [0.05, 0.1) is 26.7 Å². The van der Waals surface area contributed by atoms with Gasteiger partial charge in [-0.2, -0.15) is 0 Å². The second-order valence-electron chi connectivity index (χ2n) is 6.58. The SMILES string of the molecule is COc1cc(CC2C(=O)OCC2Cc2ccc(O)c(O)c2)cc(OC)c1O. The first-order valence-corrected chi connectivity index (χ1v) is 8.54. The van der Waals surface area contributed by atoms with Gasteiger partial charge in [-0.3, -0.25) is 4.79 Å². The lowest BCUT2D eigenvalue weighted by Crippen LogP contribution is -2.20. The highest BCUT2D eigenvalue weighted by Crippen LogP contribution is 2.39. The first-order valence-electron chi connectivity index (χ1n) is 8.54. The summed E-state index contributed by atoms with van der Waals surface area (Å²) < 4.78 is 15.6. The number of phenols is 3. The Kier molecular flexibility index (Phi) is 5.30. The highest BCUT2D eigenvalue weighted by molar-refractivity contribution is 5.75. The van der Waals surface area contributed by atoms with E-state index in [-0.39, 0.29) is 53.2 Å². The molecule has 0 amide bonds. The molecule has 2 aromatic carbocycles. The number of esters is 1. The Balaban J connectivity index is 1.81. The van der Waals surface area contributed by atoms with Crippen molar-refractivity contribution < 1.29 is 34.3 Å². The first-order chi connectivity index (χ1) is 12.9. The predicted molar refractivity (Wildman–Crippen MR) is 96.3 cm³/mol. The maximum absolute atomic E-state index is 12.3. The molecular weight excluding hydrogens is 352 g/mol. The Hall–Kier alpha value is -3.09. The molecule has 7 nitrogen and oxygen atoms in total. The molecular formula is C20H22O7. The summed E-state index contributed by atoms with van der Waals surface area (Å²) in [6, 6.07) is 7.97. The molecule has 1 heterocycles. The minimum Gasteiger partial charge on any atom is -0.504 e. The van der Waals surface area contributed by atoms with E-state index in [0.717, 1.165) is 11.1 Å². The molecule has 1 saturated heterocycles. The van der Waals surface area contributed by atoms with Gasteiger partial charge in [-0.25, -0.2) is 0 Å². The number of phenolic OH excluding ortho intramolecular Hbond substituents is 3. The monoisotopic (exact) mass is 374 g/mol. The molecule has 7 heteroatoms. The third-order valence-corrected chi connectivity index (χ3v) is 4.84. The van der Waals surface area contributed by atoms with Crippen LogP contribution in [0.2, 0.25) is 0 Å². The number of ether oxygens (including phenoxy) is 3. The highest BCUT2D eigenvalue weighted by Gasteiger charge is 2.37. The number of methoxy groups -OCH3 is 2. The minimum atomic E-state index is -0.375. The van der Waals surface area contributed by atoms with E-state index >= 15 is 0 Å². The van der Waals surface area contributed by atoms with E-state index in [1.807, 2.05) is 0 Å². The summed E-state index contributed by atoms with van der Waals surface area (Å²) in [5, 5.41) is 29.1. The number of hydrogen-bond donors (Lipinski definition) is 3. The fraction of sp³-hybridized carbons (Fsp3) is 0.350. The summed E-state index contributed by atoms with van der Waals surface area (Å²) in [7, 11) is 2.89. The van der Waals surface area contributed by atoms with Crippen LogP contribution in [-0.2, 0) is 22.4 Å². The van der Waals surface area contributed by atoms with Crippen molar-refractivity contribution in [1.29, 1.82) is 0 Å². The van der Waals surface area contributed by atoms with Crippen LogP contribution in [0.1, 0.15) is 11.1 Å². The number of rotatable bonds is 6. The lowest BCUT2D eigenvalue weighted by Gasteiger charge is -2.17. The quantitative estimate of drug-likeness (QED) is 0.527. The molecule has 0 aliphatic carbocycles. The molecule has 2 unspecified atom stereocenters. The van der Waals surface area contributed by atoms with Crippen molar-refractivity contribution in [3.8, 4) is 28.7 Å². The van der Waals surface area contributed by atoms with Gasteiger partial charge >= 0.3 is 5.97 Å². The summed E-state index contributed by atoms with van der Waals surface area (Å²) in [6.45, 7) is 0.289. The summed E-state index contributed by atoms with van der Waals surface area (Å²) in [4.78, 5) is 12.3. The van der Waals surface area contributed by atoms with E-state index in [1.165, 1.54) is 26.4 Å². The van der Waals surface area contributed by atoms with Crippen molar-refractivity contribution in [2.45, 2.75) is 12.8 Å². The van der Waals surface area contributed by atoms with Crippen LogP contribution < -0.4 is 9.47 Å². The fourth-order valence-electron chi connectivity index (χ4n) is 3.37. The number of cyclic esters (lactones) is 1. The van der Waals surface area contributed by atoms with Gasteiger partial charge in [-0.15, -0.1) is 0 Å². The van der Waals surface area contributed by atoms with E-state index in [2.05, 4.69) is 0 Å². The molecule has 0 spiro atoms. The molecule has 0 bridgehead atoms. The summed E-state index contributed by atoms with van der Waals surface area (Å²) in [5.74, 6) is -0.652. The molecule has 3 rings (SSSR count). The van der Waals surface area contributed by atoms with Gasteiger partial charge in [0.25, 0.3) is 0 Å². The number of benzene rings is 2. The average molecular weight is 374 g/mol. The molecule has 1 aliphatic rings. The normalized spacial score (nSPS) is 19.0. The number of carbonyl (C=O) groups excluding carboxylic acids is 1. The Bertz CT molecular complexity index is 821. The molecule has 1 fully saturated rings. The van der Waals surface area contributed by atoms with E-state index in [9.17, 15) is 20.1 Å². The molecule has 0 radical (unpaired) electrons. The van der Waals surface area contributed by atoms with Crippen molar-refractivity contribution in [2.75, 3.05) is 20.8 Å². The smallest absolute Gasteiger partial charge is 0.309 e. The molecule has 144 valence electrons. The Morgan fingerprint density at radius 3 is 2.22 bits per heavy atom. The van der Waals surface area contributed by atoms with Crippen molar-refractivity contribution >= 4 is 5.97 Å². The van der Waals surface area contributed by atoms with Crippen molar-refractivity contribution in [3.05, 3.63) is 41.5 Å². The molecule has 3 N–H and O–H groups in total. The Morgan fingerprint density at radius 2 is 1.63 bits per heavy atom. The van der Waals surface area contributed by atoms with Crippen LogP contribution in [0.25, 0.3) is 0 Å². The van der Waals surface area contributed by atoms with Crippen molar-refractivity contribution in [3.63, 3.8) is 0 Å². The number of hydrogen-bond acceptors (Lipinski definition) is 7. The molecule has 0 aromatic heterocycles. The molecule has 27 heavy (non-hydrogen) atoms. The zero-order chi connectivity index (χ0) is 19.6. The zero-order valence-corrected chi connectivity index (χ0v) is 15.1. The zero-order valence-electron chi connectivity index (χ0n) is 15.1. The molecule has 1 aliphatic heterocycles. The molecule has 0 saturated carbocycles. The van der Waals surface area contributed by atoms with Gasteiger partial charge in [0.2, 0.25) is 5.75 Å². The van der Waals surface area contributed by atoms with Gasteiger partial charge < -0.3 is 29.5 Å². The van der Waals surface area contributed by atoms with Gasteiger partial charge in [0.1, 0.15) is 0 Å². The van der Waals surface area contributed by atoms with Crippen molar-refractivity contribution in [2.24, 2.45) is 11.8 Å². The van der Waals surface area contributed by atoms with Crippen LogP contribution in [-0.4, -0.2) is 42.1 Å². The molecule has 2 atom stereocenters. The summed E-state index contributed by atoms with van der Waals surface area (Å²) in [5.41, 5.74) is 1.59. The van der Waals surface area contributed by atoms with Crippen LogP contribution in [0.15, 0.2) is 30.3 Å². The molecule has 2 aromatic rings. The van der Waals surface area contributed by atoms with Crippen LogP contribution in [0.3, 0.4) is 0 Å². The summed E-state index contributed by atoms with van der Waals surface area (Å²) in [6.07, 6.45) is 0.928. The standard InChI is InChI=1S/C20H22O7/c1-25-17-8-12(9-18(26-2)19(17)23)6-14-13(10-27-20(14)24)5-11-3-4-15(21)16(22)7-11/h3-4,7-9,13-14,21-23H,5-6,10H2,1-2H3. The van der Waals surface area contributed by atoms with E-state index in [4.69, 9.17) is 14.2 Å². The van der Waals surface area contributed by atoms with Crippen LogP contribution in [0.5, 0.6) is 28.7 Å². The largest absolute Gasteiger partial charge is 0.504 e. The van der Waals surface area contributed by atoms with Crippen LogP contribution in [0, 0.1) is 11.8 Å². The van der Waals surface area contributed by atoms with E-state index in [0.29, 0.717) is 12.8 Å². The predicted octanol–water partition coefficient (Wildman–Crippen LogP) is 2.40. The van der Waals surface area contributed by atoms with Crippen LogP contribution in [0.4, 0.5) is 0 Å². The Morgan fingerprint density at radius 1 is 0.963 bits per heavy atom. The second-order valence-corrected chi connectivity index (χ2v) is 6.58. The van der Waals surface area contributed by atoms with Gasteiger partial charge in [0.15, 0.2) is 23.0 Å². The fourth-order valence-corrected chi connectivity index (χ4v) is 3.37. The van der Waals surface area contributed by atoms with Gasteiger partial charge in [0, 0.05) is 5.92 Å². The third-order valence-electron chi connectivity index (χ3n) is 4.84. The lowest BCUT2D eigenvalue weighted by molar-refractivity contribution is -0.141.